The molecular formula is C20H31N3O5S. The van der Waals surface area contributed by atoms with E-state index in [0.717, 1.165) is 25.7 Å². The van der Waals surface area contributed by atoms with Crippen LogP contribution in [0.25, 0.3) is 0 Å². The number of hydrogen-bond acceptors (Lipinski definition) is 4. The molecule has 9 heteroatoms. The number of amides is 3. The number of nitrogens with zero attached hydrogens (tertiary/aromatic N) is 1. The molecular weight excluding hydrogens is 394 g/mol. The van der Waals surface area contributed by atoms with Crippen molar-refractivity contribution in [3.63, 3.8) is 0 Å². The number of carbonyl (C=O) groups is 3. The van der Waals surface area contributed by atoms with Gasteiger partial charge in [0.15, 0.2) is 0 Å². The summed E-state index contributed by atoms with van der Waals surface area (Å²) >= 11 is -2.50. The molecule has 6 unspecified atom stereocenters. The largest absolute Gasteiger partial charge is 0.339 e. The van der Waals surface area contributed by atoms with E-state index in [1.807, 2.05) is 16.9 Å². The van der Waals surface area contributed by atoms with Crippen molar-refractivity contribution < 1.29 is 23.1 Å². The van der Waals surface area contributed by atoms with Gasteiger partial charge in [-0.05, 0) is 50.4 Å². The zero-order valence-corrected chi connectivity index (χ0v) is 17.9. The molecule has 162 valence electrons. The van der Waals surface area contributed by atoms with Gasteiger partial charge in [0.2, 0.25) is 11.8 Å². The molecule has 1 aliphatic carbocycles. The van der Waals surface area contributed by atoms with Crippen LogP contribution in [0.2, 0.25) is 0 Å². The lowest BCUT2D eigenvalue weighted by Gasteiger charge is -2.27. The molecule has 3 N–H and O–H groups in total. The van der Waals surface area contributed by atoms with Crippen LogP contribution >= 0.6 is 0 Å². The van der Waals surface area contributed by atoms with Gasteiger partial charge < -0.3 is 10.2 Å². The van der Waals surface area contributed by atoms with Crippen LogP contribution in [0.15, 0.2) is 12.2 Å². The fourth-order valence-corrected chi connectivity index (χ4v) is 5.08. The van der Waals surface area contributed by atoms with Crippen molar-refractivity contribution in [2.24, 2.45) is 17.8 Å². The molecule has 8 nitrogen and oxygen atoms in total. The van der Waals surface area contributed by atoms with Crippen LogP contribution in [0.5, 0.6) is 0 Å². The molecule has 2 fully saturated rings. The van der Waals surface area contributed by atoms with E-state index in [0.29, 0.717) is 31.7 Å². The first-order chi connectivity index (χ1) is 13.7. The summed E-state index contributed by atoms with van der Waals surface area (Å²) in [7, 11) is 0. The zero-order valence-electron chi connectivity index (χ0n) is 17.1. The SMILES string of the molecule is CC1CCC=CC2CC2(C(=O)NS(=O)O)NC(=O)C2CCCN2C(=O)CC(C)C1. The van der Waals surface area contributed by atoms with Gasteiger partial charge in [0, 0.05) is 18.9 Å². The van der Waals surface area contributed by atoms with Gasteiger partial charge in [-0.15, -0.1) is 0 Å². The summed E-state index contributed by atoms with van der Waals surface area (Å²) in [4.78, 5) is 40.0. The summed E-state index contributed by atoms with van der Waals surface area (Å²) < 4.78 is 22.1. The van der Waals surface area contributed by atoms with Gasteiger partial charge in [0.25, 0.3) is 17.2 Å². The molecule has 2 aliphatic heterocycles. The van der Waals surface area contributed by atoms with Gasteiger partial charge in [-0.2, -0.15) is 0 Å². The van der Waals surface area contributed by atoms with Crippen molar-refractivity contribution in [3.8, 4) is 0 Å². The minimum atomic E-state index is -2.50. The number of hydrogen-bond donors (Lipinski definition) is 3. The molecule has 3 amide bonds. The number of carbonyl (C=O) groups excluding carboxylic acids is 3. The van der Waals surface area contributed by atoms with Crippen LogP contribution in [-0.4, -0.2) is 49.5 Å². The molecule has 0 spiro atoms. The highest BCUT2D eigenvalue weighted by Crippen LogP contribution is 2.45. The number of allylic oxidation sites excluding steroid dienone is 1. The van der Waals surface area contributed by atoms with Gasteiger partial charge in [0.05, 0.1) is 0 Å². The first-order valence-electron chi connectivity index (χ1n) is 10.4. The van der Waals surface area contributed by atoms with E-state index in [2.05, 4.69) is 19.2 Å². The summed E-state index contributed by atoms with van der Waals surface area (Å²) in [6.45, 7) is 4.81. The van der Waals surface area contributed by atoms with Crippen LogP contribution in [0, 0.1) is 17.8 Å². The van der Waals surface area contributed by atoms with Crippen LogP contribution in [0.4, 0.5) is 0 Å². The molecule has 29 heavy (non-hydrogen) atoms. The van der Waals surface area contributed by atoms with Crippen LogP contribution in [0.3, 0.4) is 0 Å². The lowest BCUT2D eigenvalue weighted by atomic mass is 9.91. The lowest BCUT2D eigenvalue weighted by Crippen LogP contribution is -2.55. The highest BCUT2D eigenvalue weighted by molar-refractivity contribution is 7.77. The molecule has 2 heterocycles. The fourth-order valence-electron chi connectivity index (χ4n) is 4.74. The van der Waals surface area contributed by atoms with Crippen molar-refractivity contribution in [2.75, 3.05) is 6.54 Å². The Morgan fingerprint density at radius 1 is 1.31 bits per heavy atom. The minimum Gasteiger partial charge on any atom is -0.339 e. The number of rotatable bonds is 2. The third kappa shape index (κ3) is 5.06. The highest BCUT2D eigenvalue weighted by Gasteiger charge is 2.61. The molecule has 3 aliphatic rings. The first-order valence-corrected chi connectivity index (χ1v) is 11.5. The fraction of sp³-hybridized carbons (Fsp3) is 0.750. The Balaban J connectivity index is 1.83. The Labute approximate surface area is 174 Å². The molecule has 0 radical (unpaired) electrons. The number of nitrogens with one attached hydrogen (secondary N) is 2. The van der Waals surface area contributed by atoms with Gasteiger partial charge in [-0.25, -0.2) is 8.93 Å². The predicted molar refractivity (Wildman–Crippen MR) is 109 cm³/mol. The van der Waals surface area contributed by atoms with Crippen molar-refractivity contribution in [3.05, 3.63) is 12.2 Å². The normalized spacial score (nSPS) is 36.9. The summed E-state index contributed by atoms with van der Waals surface area (Å²) in [6.07, 6.45) is 8.86. The first kappa shape index (κ1) is 22.0. The molecule has 0 aromatic carbocycles. The van der Waals surface area contributed by atoms with E-state index < -0.39 is 28.8 Å². The lowest BCUT2D eigenvalue weighted by molar-refractivity contribution is -0.140. The van der Waals surface area contributed by atoms with Crippen molar-refractivity contribution in [1.29, 1.82) is 0 Å². The van der Waals surface area contributed by atoms with Gasteiger partial charge in [0.1, 0.15) is 11.6 Å². The second-order valence-electron chi connectivity index (χ2n) is 8.85. The smallest absolute Gasteiger partial charge is 0.261 e. The van der Waals surface area contributed by atoms with Gasteiger partial charge >= 0.3 is 0 Å². The maximum absolute atomic E-state index is 13.0. The third-order valence-corrected chi connectivity index (χ3v) is 6.70. The molecule has 1 saturated carbocycles. The average molecular weight is 426 g/mol. The number of fused-ring (bicyclic) bond motifs is 2. The molecule has 0 aromatic heterocycles. The van der Waals surface area contributed by atoms with E-state index in [-0.39, 0.29) is 23.7 Å². The maximum Gasteiger partial charge on any atom is 0.261 e. The summed E-state index contributed by atoms with van der Waals surface area (Å²) in [5.41, 5.74) is -1.22. The van der Waals surface area contributed by atoms with Crippen LogP contribution in [-0.2, 0) is 25.7 Å². The van der Waals surface area contributed by atoms with Crippen LogP contribution in [0.1, 0.15) is 58.8 Å². The zero-order chi connectivity index (χ0) is 21.2. The molecule has 6 atom stereocenters. The maximum atomic E-state index is 13.0. The summed E-state index contributed by atoms with van der Waals surface area (Å²) in [6, 6.07) is -0.591. The van der Waals surface area contributed by atoms with E-state index in [4.69, 9.17) is 4.55 Å². The Morgan fingerprint density at radius 3 is 2.79 bits per heavy atom. The second-order valence-corrected chi connectivity index (χ2v) is 9.55. The monoisotopic (exact) mass is 425 g/mol. The van der Waals surface area contributed by atoms with E-state index in [1.54, 1.807) is 4.90 Å². The van der Waals surface area contributed by atoms with E-state index in [1.165, 1.54) is 0 Å². The summed E-state index contributed by atoms with van der Waals surface area (Å²) in [5.74, 6) is -0.533. The van der Waals surface area contributed by atoms with E-state index in [9.17, 15) is 18.6 Å². The summed E-state index contributed by atoms with van der Waals surface area (Å²) in [5, 5.41) is 2.81. The Kier molecular flexibility index (Phi) is 6.78. The minimum absolute atomic E-state index is 0.0161. The standard InChI is InChI=1S/C20H31N3O5S/c1-13-6-3-4-7-15-12-20(15,19(26)22-29(27)28)21-18(25)16-8-5-9-23(16)17(24)11-14(2)10-13/h4,7,13-16H,3,5-6,8-12H2,1-2H3,(H,21,25)(H,22,26)(H,27,28). The average Bonchev–Trinajstić information content (AvgIpc) is 3.09. The highest BCUT2D eigenvalue weighted by atomic mass is 32.2. The third-order valence-electron chi connectivity index (χ3n) is 6.34. The Hall–Kier alpha value is -1.74. The topological polar surface area (TPSA) is 116 Å². The Bertz CT molecular complexity index is 727. The van der Waals surface area contributed by atoms with Gasteiger partial charge in [-0.3, -0.25) is 18.9 Å². The van der Waals surface area contributed by atoms with Crippen molar-refractivity contribution >= 4 is 29.0 Å². The molecule has 1 saturated heterocycles. The van der Waals surface area contributed by atoms with Crippen molar-refractivity contribution in [2.45, 2.75) is 70.4 Å². The van der Waals surface area contributed by atoms with E-state index >= 15 is 0 Å². The quantitative estimate of drug-likeness (QED) is 0.458. The Morgan fingerprint density at radius 2 is 2.07 bits per heavy atom. The molecule has 0 aromatic rings. The van der Waals surface area contributed by atoms with Crippen LogP contribution < -0.4 is 10.0 Å². The predicted octanol–water partition coefficient (Wildman–Crippen LogP) is 1.51. The van der Waals surface area contributed by atoms with Crippen molar-refractivity contribution in [1.82, 2.24) is 14.9 Å². The molecule has 0 bridgehead atoms. The molecule has 3 rings (SSSR count). The van der Waals surface area contributed by atoms with Gasteiger partial charge in [-0.1, -0.05) is 26.0 Å². The second kappa shape index (κ2) is 8.95.